The van der Waals surface area contributed by atoms with Crippen LogP contribution in [0.25, 0.3) is 0 Å². The van der Waals surface area contributed by atoms with Gasteiger partial charge < -0.3 is 10.2 Å². The topological polar surface area (TPSA) is 70.5 Å². The number of anilines is 1. The minimum Gasteiger partial charge on any atom is -0.340 e. The zero-order valence-electron chi connectivity index (χ0n) is 17.9. The maximum atomic E-state index is 12.5. The molecule has 0 saturated carbocycles. The smallest absolute Gasteiger partial charge is 0.238 e. The Bertz CT molecular complexity index is 861. The molecular formula is C22H31N5O2. The van der Waals surface area contributed by atoms with Crippen molar-refractivity contribution in [2.24, 2.45) is 0 Å². The summed E-state index contributed by atoms with van der Waals surface area (Å²) >= 11 is 0. The van der Waals surface area contributed by atoms with Gasteiger partial charge in [0.05, 0.1) is 12.2 Å². The first-order chi connectivity index (χ1) is 13.8. The van der Waals surface area contributed by atoms with Crippen LogP contribution >= 0.6 is 0 Å². The lowest BCUT2D eigenvalue weighted by atomic mass is 10.1. The van der Waals surface area contributed by atoms with Gasteiger partial charge in [0.25, 0.3) is 0 Å². The number of carbonyl (C=O) groups is 2. The third-order valence-electron chi connectivity index (χ3n) is 5.48. The first-order valence-electron chi connectivity index (χ1n) is 10.2. The van der Waals surface area contributed by atoms with Gasteiger partial charge in [0.2, 0.25) is 11.8 Å². The zero-order valence-corrected chi connectivity index (χ0v) is 17.9. The molecule has 29 heavy (non-hydrogen) atoms. The van der Waals surface area contributed by atoms with Gasteiger partial charge in [0.1, 0.15) is 0 Å². The number of para-hydroxylation sites is 1. The molecular weight excluding hydrogens is 366 g/mol. The number of benzene rings is 1. The van der Waals surface area contributed by atoms with Crippen molar-refractivity contribution in [3.8, 4) is 0 Å². The van der Waals surface area contributed by atoms with Crippen molar-refractivity contribution in [2.75, 3.05) is 38.0 Å². The van der Waals surface area contributed by atoms with Crippen LogP contribution in [0.1, 0.15) is 28.9 Å². The molecule has 2 heterocycles. The molecule has 1 aromatic heterocycles. The van der Waals surface area contributed by atoms with Gasteiger partial charge in [-0.2, -0.15) is 5.10 Å². The van der Waals surface area contributed by atoms with Crippen LogP contribution in [-0.4, -0.2) is 64.1 Å². The number of aromatic nitrogens is 2. The average Bonchev–Trinajstić information content (AvgIpc) is 3.00. The van der Waals surface area contributed by atoms with E-state index in [4.69, 9.17) is 0 Å². The van der Waals surface area contributed by atoms with Crippen LogP contribution in [0, 0.1) is 27.7 Å². The van der Waals surface area contributed by atoms with Crippen molar-refractivity contribution in [3.63, 3.8) is 0 Å². The number of hydrogen-bond acceptors (Lipinski definition) is 4. The molecule has 0 bridgehead atoms. The highest BCUT2D eigenvalue weighted by Gasteiger charge is 2.22. The quantitative estimate of drug-likeness (QED) is 0.812. The highest BCUT2D eigenvalue weighted by molar-refractivity contribution is 5.93. The third kappa shape index (κ3) is 5.44. The highest BCUT2D eigenvalue weighted by Crippen LogP contribution is 2.19. The summed E-state index contributed by atoms with van der Waals surface area (Å²) in [6.07, 6.45) is 0.453. The van der Waals surface area contributed by atoms with E-state index in [1.165, 1.54) is 0 Å². The normalized spacial score (nSPS) is 14.8. The summed E-state index contributed by atoms with van der Waals surface area (Å²) in [5, 5.41) is 7.45. The monoisotopic (exact) mass is 397 g/mol. The number of nitrogens with zero attached hydrogens (tertiary/aromatic N) is 4. The number of hydrogen-bond donors (Lipinski definition) is 1. The van der Waals surface area contributed by atoms with Gasteiger partial charge in [0.15, 0.2) is 0 Å². The molecule has 2 aromatic rings. The Morgan fingerprint density at radius 3 is 2.28 bits per heavy atom. The van der Waals surface area contributed by atoms with E-state index in [1.807, 2.05) is 61.5 Å². The number of carbonyl (C=O) groups excluding carboxylic acids is 2. The summed E-state index contributed by atoms with van der Waals surface area (Å²) in [6.45, 7) is 11.7. The Kier molecular flexibility index (Phi) is 6.69. The molecule has 1 aliphatic rings. The molecule has 0 spiro atoms. The van der Waals surface area contributed by atoms with E-state index in [2.05, 4.69) is 15.3 Å². The zero-order chi connectivity index (χ0) is 21.0. The molecule has 0 atom stereocenters. The van der Waals surface area contributed by atoms with E-state index in [-0.39, 0.29) is 11.8 Å². The average molecular weight is 398 g/mol. The van der Waals surface area contributed by atoms with Gasteiger partial charge in [-0.1, -0.05) is 18.2 Å². The van der Waals surface area contributed by atoms with E-state index in [0.29, 0.717) is 45.7 Å². The number of piperazine rings is 1. The number of rotatable bonds is 6. The predicted octanol–water partition coefficient (Wildman–Crippen LogP) is 2.29. The molecule has 7 nitrogen and oxygen atoms in total. The summed E-state index contributed by atoms with van der Waals surface area (Å²) in [6, 6.07) is 8.01. The van der Waals surface area contributed by atoms with Crippen molar-refractivity contribution in [2.45, 2.75) is 40.7 Å². The van der Waals surface area contributed by atoms with Gasteiger partial charge in [-0.05, 0) is 44.9 Å². The van der Waals surface area contributed by atoms with E-state index >= 15 is 0 Å². The van der Waals surface area contributed by atoms with Crippen LogP contribution in [0.2, 0.25) is 0 Å². The Morgan fingerprint density at radius 2 is 1.69 bits per heavy atom. The second kappa shape index (κ2) is 9.22. The summed E-state index contributed by atoms with van der Waals surface area (Å²) < 4.78 is 1.89. The Morgan fingerprint density at radius 1 is 1.03 bits per heavy atom. The van der Waals surface area contributed by atoms with Crippen LogP contribution in [0.5, 0.6) is 0 Å². The van der Waals surface area contributed by atoms with E-state index in [0.717, 1.165) is 28.2 Å². The maximum Gasteiger partial charge on any atom is 0.238 e. The van der Waals surface area contributed by atoms with Crippen LogP contribution in [0.4, 0.5) is 5.69 Å². The third-order valence-corrected chi connectivity index (χ3v) is 5.48. The molecule has 2 amide bonds. The molecule has 7 heteroatoms. The largest absolute Gasteiger partial charge is 0.340 e. The fourth-order valence-corrected chi connectivity index (χ4v) is 3.81. The van der Waals surface area contributed by atoms with Crippen molar-refractivity contribution < 1.29 is 9.59 Å². The Labute approximate surface area is 172 Å². The molecule has 1 aromatic carbocycles. The van der Waals surface area contributed by atoms with Crippen LogP contribution in [0.3, 0.4) is 0 Å². The van der Waals surface area contributed by atoms with E-state index in [1.54, 1.807) is 0 Å². The molecule has 0 aliphatic carbocycles. The fraction of sp³-hybridized carbons (Fsp3) is 0.500. The molecule has 1 saturated heterocycles. The SMILES string of the molecule is Cc1cc(C)n(CCC(=O)N2CCN(CC(=O)Nc3c(C)cccc3C)CC2)n1. The first kappa shape index (κ1) is 21.0. The second-order valence-electron chi connectivity index (χ2n) is 7.87. The number of amides is 2. The van der Waals surface area contributed by atoms with Gasteiger partial charge in [0, 0.05) is 50.5 Å². The van der Waals surface area contributed by atoms with E-state index < -0.39 is 0 Å². The van der Waals surface area contributed by atoms with Crippen molar-refractivity contribution >= 4 is 17.5 Å². The lowest BCUT2D eigenvalue weighted by Crippen LogP contribution is -2.50. The molecule has 0 radical (unpaired) electrons. The fourth-order valence-electron chi connectivity index (χ4n) is 3.81. The maximum absolute atomic E-state index is 12.5. The summed E-state index contributed by atoms with van der Waals surface area (Å²) in [5.74, 6) is 0.142. The van der Waals surface area contributed by atoms with Gasteiger partial charge in [-0.25, -0.2) is 0 Å². The van der Waals surface area contributed by atoms with Gasteiger partial charge in [-0.3, -0.25) is 19.2 Å². The van der Waals surface area contributed by atoms with Gasteiger partial charge in [-0.15, -0.1) is 0 Å². The minimum absolute atomic E-state index is 0.00768. The van der Waals surface area contributed by atoms with Crippen LogP contribution < -0.4 is 5.32 Å². The van der Waals surface area contributed by atoms with Crippen molar-refractivity contribution in [3.05, 3.63) is 46.8 Å². The number of nitrogens with one attached hydrogen (secondary N) is 1. The minimum atomic E-state index is -0.00768. The van der Waals surface area contributed by atoms with Gasteiger partial charge >= 0.3 is 0 Å². The molecule has 1 aliphatic heterocycles. The lowest BCUT2D eigenvalue weighted by molar-refractivity contribution is -0.133. The molecule has 156 valence electrons. The predicted molar refractivity (Wildman–Crippen MR) is 114 cm³/mol. The summed E-state index contributed by atoms with van der Waals surface area (Å²) in [4.78, 5) is 29.0. The lowest BCUT2D eigenvalue weighted by Gasteiger charge is -2.34. The van der Waals surface area contributed by atoms with Crippen LogP contribution in [0.15, 0.2) is 24.3 Å². The van der Waals surface area contributed by atoms with Crippen molar-refractivity contribution in [1.29, 1.82) is 0 Å². The molecule has 0 unspecified atom stereocenters. The van der Waals surface area contributed by atoms with Crippen LogP contribution in [-0.2, 0) is 16.1 Å². The Balaban J connectivity index is 1.43. The van der Waals surface area contributed by atoms with Crippen molar-refractivity contribution in [1.82, 2.24) is 19.6 Å². The summed E-state index contributed by atoms with van der Waals surface area (Å²) in [5.41, 5.74) is 5.08. The number of aryl methyl sites for hydroxylation is 5. The molecule has 3 rings (SSSR count). The molecule has 1 fully saturated rings. The highest BCUT2D eigenvalue weighted by atomic mass is 16.2. The standard InChI is InChI=1S/C22H31N5O2/c1-16-6-5-7-17(2)22(16)23-20(28)15-25-10-12-26(13-11-25)21(29)8-9-27-19(4)14-18(3)24-27/h5-7,14H,8-13,15H2,1-4H3,(H,23,28). The molecule has 1 N–H and O–H groups in total. The Hall–Kier alpha value is -2.67. The second-order valence-corrected chi connectivity index (χ2v) is 7.87. The van der Waals surface area contributed by atoms with E-state index in [9.17, 15) is 9.59 Å². The first-order valence-corrected chi connectivity index (χ1v) is 10.2. The summed E-state index contributed by atoms with van der Waals surface area (Å²) in [7, 11) is 0.